The fraction of sp³-hybridized carbons (Fsp3) is 0.571. The fourth-order valence-electron chi connectivity index (χ4n) is 2.54. The fourth-order valence-corrected chi connectivity index (χ4v) is 5.17. The molecule has 118 valence electrons. The number of hydrogen-bond donors (Lipinski definition) is 1. The molecule has 0 spiro atoms. The molecule has 2 rings (SSSR count). The minimum absolute atomic E-state index is 0.266. The van der Waals surface area contributed by atoms with Gasteiger partial charge in [0.25, 0.3) is 0 Å². The van der Waals surface area contributed by atoms with Crippen LogP contribution in [-0.4, -0.2) is 44.2 Å². The quantitative estimate of drug-likeness (QED) is 0.645. The van der Waals surface area contributed by atoms with E-state index in [0.717, 1.165) is 6.54 Å². The smallest absolute Gasteiger partial charge is 0.241 e. The number of benzene rings is 1. The summed E-state index contributed by atoms with van der Waals surface area (Å²) in [7, 11) is 0.0486. The Labute approximate surface area is 134 Å². The van der Waals surface area contributed by atoms with Gasteiger partial charge >= 0.3 is 0 Å². The Morgan fingerprint density at radius 2 is 1.95 bits per heavy atom. The molecule has 0 aliphatic carbocycles. The summed E-state index contributed by atoms with van der Waals surface area (Å²) in [5, 5.41) is 0. The summed E-state index contributed by atoms with van der Waals surface area (Å²) in [6.45, 7) is 2.69. The molecule has 1 aliphatic rings. The van der Waals surface area contributed by atoms with E-state index in [2.05, 4.69) is 25.6 Å². The zero-order valence-corrected chi connectivity index (χ0v) is 14.9. The minimum Gasteiger partial charge on any atom is -0.364 e. The molecule has 1 fully saturated rings. The van der Waals surface area contributed by atoms with Gasteiger partial charge in [0.1, 0.15) is 5.72 Å². The van der Waals surface area contributed by atoms with Crippen molar-refractivity contribution in [3.05, 3.63) is 30.3 Å². The summed E-state index contributed by atoms with van der Waals surface area (Å²) in [5.41, 5.74) is -0.513. The first-order valence-corrected chi connectivity index (χ1v) is 9.03. The second kappa shape index (κ2) is 5.96. The van der Waals surface area contributed by atoms with Gasteiger partial charge in [-0.3, -0.25) is 4.90 Å². The predicted octanol–water partition coefficient (Wildman–Crippen LogP) is 2.14. The average molecular weight is 377 g/mol. The molecule has 0 saturated carbocycles. The molecular formula is C14H21BrN2O3S. The van der Waals surface area contributed by atoms with Crippen LogP contribution in [0.4, 0.5) is 0 Å². The molecule has 0 amide bonds. The van der Waals surface area contributed by atoms with Gasteiger partial charge in [0.05, 0.1) is 9.34 Å². The van der Waals surface area contributed by atoms with E-state index in [1.165, 1.54) is 0 Å². The lowest BCUT2D eigenvalue weighted by atomic mass is 9.96. The number of halogens is 1. The molecule has 0 radical (unpaired) electrons. The van der Waals surface area contributed by atoms with Crippen molar-refractivity contribution in [1.29, 1.82) is 0 Å². The minimum atomic E-state index is -3.57. The maximum Gasteiger partial charge on any atom is 0.241 e. The number of alkyl halides is 1. The van der Waals surface area contributed by atoms with Gasteiger partial charge in [-0.1, -0.05) is 34.1 Å². The second-order valence-electron chi connectivity index (χ2n) is 5.61. The number of rotatable bonds is 4. The standard InChI is InChI=1S/C14H21BrN2O3S/c1-13(20-3)11-14(15,9-10-17(13)2)16-21(18,19)12-7-5-4-6-8-12/h4-8,16H,9-11H2,1-3H3. The maximum absolute atomic E-state index is 12.5. The lowest BCUT2D eigenvalue weighted by Gasteiger charge is -2.48. The molecular weight excluding hydrogens is 356 g/mol. The van der Waals surface area contributed by atoms with E-state index >= 15 is 0 Å². The van der Waals surface area contributed by atoms with E-state index < -0.39 is 20.2 Å². The summed E-state index contributed by atoms with van der Waals surface area (Å²) in [5.74, 6) is 0. The highest BCUT2D eigenvalue weighted by atomic mass is 79.9. The Hall–Kier alpha value is -0.470. The van der Waals surface area contributed by atoms with E-state index in [1.807, 2.05) is 14.0 Å². The van der Waals surface area contributed by atoms with Crippen molar-refractivity contribution < 1.29 is 13.2 Å². The highest BCUT2D eigenvalue weighted by Crippen LogP contribution is 2.39. The SMILES string of the molecule is COC1(C)CC(Br)(NS(=O)(=O)c2ccccc2)CCN1C. The van der Waals surface area contributed by atoms with Gasteiger partial charge in [-0.05, 0) is 32.5 Å². The predicted molar refractivity (Wildman–Crippen MR) is 85.7 cm³/mol. The van der Waals surface area contributed by atoms with Crippen molar-refractivity contribution in [3.63, 3.8) is 0 Å². The number of ether oxygens (including phenoxy) is 1. The molecule has 1 aromatic carbocycles. The molecule has 1 saturated heterocycles. The molecule has 1 aliphatic heterocycles. The van der Waals surface area contributed by atoms with Gasteiger partial charge in [-0.2, -0.15) is 4.72 Å². The van der Waals surface area contributed by atoms with Crippen LogP contribution >= 0.6 is 15.9 Å². The Morgan fingerprint density at radius 1 is 1.33 bits per heavy atom. The Bertz CT molecular complexity index is 595. The third-order valence-electron chi connectivity index (χ3n) is 4.07. The first-order chi connectivity index (χ1) is 9.71. The third kappa shape index (κ3) is 3.65. The number of sulfonamides is 1. The van der Waals surface area contributed by atoms with Crippen LogP contribution in [0.5, 0.6) is 0 Å². The van der Waals surface area contributed by atoms with Gasteiger partial charge < -0.3 is 4.74 Å². The molecule has 7 heteroatoms. The van der Waals surface area contributed by atoms with Gasteiger partial charge in [-0.25, -0.2) is 8.42 Å². The number of nitrogens with zero attached hydrogens (tertiary/aromatic N) is 1. The highest BCUT2D eigenvalue weighted by Gasteiger charge is 2.46. The van der Waals surface area contributed by atoms with Crippen LogP contribution in [0.15, 0.2) is 35.2 Å². The Kier molecular flexibility index (Phi) is 4.80. The average Bonchev–Trinajstić information content (AvgIpc) is 2.44. The normalized spacial score (nSPS) is 31.2. The third-order valence-corrected chi connectivity index (χ3v) is 6.76. The molecule has 2 unspecified atom stereocenters. The van der Waals surface area contributed by atoms with Crippen molar-refractivity contribution >= 4 is 26.0 Å². The van der Waals surface area contributed by atoms with Gasteiger partial charge in [-0.15, -0.1) is 0 Å². The van der Waals surface area contributed by atoms with Crippen LogP contribution in [-0.2, 0) is 14.8 Å². The van der Waals surface area contributed by atoms with Crippen molar-refractivity contribution in [1.82, 2.24) is 9.62 Å². The van der Waals surface area contributed by atoms with Crippen molar-refractivity contribution in [2.45, 2.75) is 34.8 Å². The summed E-state index contributed by atoms with van der Waals surface area (Å²) in [6, 6.07) is 8.39. The van der Waals surface area contributed by atoms with Gasteiger partial charge in [0.15, 0.2) is 0 Å². The van der Waals surface area contributed by atoms with Crippen molar-refractivity contribution in [2.24, 2.45) is 0 Å². The molecule has 5 nitrogen and oxygen atoms in total. The number of piperidine rings is 1. The van der Waals surface area contributed by atoms with Crippen LogP contribution < -0.4 is 4.72 Å². The number of nitrogens with one attached hydrogen (secondary N) is 1. The van der Waals surface area contributed by atoms with E-state index in [9.17, 15) is 8.42 Å². The first-order valence-electron chi connectivity index (χ1n) is 6.75. The van der Waals surface area contributed by atoms with Crippen LogP contribution in [0.2, 0.25) is 0 Å². The highest BCUT2D eigenvalue weighted by molar-refractivity contribution is 9.10. The first kappa shape index (κ1) is 16.9. The number of hydrogen-bond acceptors (Lipinski definition) is 4. The summed E-state index contributed by atoms with van der Waals surface area (Å²) >= 11 is 3.58. The molecule has 1 heterocycles. The molecule has 2 atom stereocenters. The molecule has 1 N–H and O–H groups in total. The largest absolute Gasteiger partial charge is 0.364 e. The number of likely N-dealkylation sites (tertiary alicyclic amines) is 1. The van der Waals surface area contributed by atoms with Crippen molar-refractivity contribution in [2.75, 3.05) is 20.7 Å². The van der Waals surface area contributed by atoms with E-state index in [-0.39, 0.29) is 4.90 Å². The number of methoxy groups -OCH3 is 1. The second-order valence-corrected chi connectivity index (χ2v) is 8.81. The Balaban J connectivity index is 2.22. The lowest BCUT2D eigenvalue weighted by molar-refractivity contribution is -0.139. The van der Waals surface area contributed by atoms with Crippen LogP contribution in [0.1, 0.15) is 19.8 Å². The van der Waals surface area contributed by atoms with E-state index in [0.29, 0.717) is 12.8 Å². The molecule has 1 aromatic rings. The summed E-state index contributed by atoms with van der Waals surface area (Å²) in [4.78, 5) is 2.35. The molecule has 21 heavy (non-hydrogen) atoms. The molecule has 0 bridgehead atoms. The zero-order chi connectivity index (χ0) is 15.7. The summed E-state index contributed by atoms with van der Waals surface area (Å²) in [6.07, 6.45) is 1.17. The van der Waals surface area contributed by atoms with Crippen molar-refractivity contribution in [3.8, 4) is 0 Å². The Morgan fingerprint density at radius 3 is 2.52 bits per heavy atom. The maximum atomic E-state index is 12.5. The lowest BCUT2D eigenvalue weighted by Crippen LogP contribution is -2.60. The monoisotopic (exact) mass is 376 g/mol. The van der Waals surface area contributed by atoms with Crippen LogP contribution in [0.25, 0.3) is 0 Å². The van der Waals surface area contributed by atoms with E-state index in [4.69, 9.17) is 4.74 Å². The zero-order valence-electron chi connectivity index (χ0n) is 12.5. The molecule has 0 aromatic heterocycles. The van der Waals surface area contributed by atoms with Gasteiger partial charge in [0, 0.05) is 20.1 Å². The topological polar surface area (TPSA) is 58.6 Å². The van der Waals surface area contributed by atoms with Crippen LogP contribution in [0, 0.1) is 0 Å². The summed E-state index contributed by atoms with van der Waals surface area (Å²) < 4.78 is 32.6. The van der Waals surface area contributed by atoms with E-state index in [1.54, 1.807) is 37.4 Å². The van der Waals surface area contributed by atoms with Crippen LogP contribution in [0.3, 0.4) is 0 Å². The van der Waals surface area contributed by atoms with Gasteiger partial charge in [0.2, 0.25) is 10.0 Å².